The van der Waals surface area contributed by atoms with E-state index in [1.807, 2.05) is 6.92 Å². The summed E-state index contributed by atoms with van der Waals surface area (Å²) >= 11 is 1.74. The molecule has 3 heterocycles. The van der Waals surface area contributed by atoms with E-state index in [0.717, 1.165) is 69.9 Å². The standard InChI is InChI=1S/C25H37N3O3S/c1-5-31-23(29)19-7-6-12-27(17-19)32-20-8-9-22-21(15-20)26-24(25(2,3)4)28(22)16-18-10-13-30-14-11-18/h8-9,15,18-19H,5-7,10-14,16-17H2,1-4H3. The van der Waals surface area contributed by atoms with Gasteiger partial charge in [0, 0.05) is 43.2 Å². The van der Waals surface area contributed by atoms with E-state index in [2.05, 4.69) is 47.8 Å². The van der Waals surface area contributed by atoms with Gasteiger partial charge in [-0.1, -0.05) is 20.8 Å². The van der Waals surface area contributed by atoms with Gasteiger partial charge in [0.1, 0.15) is 5.82 Å². The second kappa shape index (κ2) is 10.1. The van der Waals surface area contributed by atoms with E-state index < -0.39 is 0 Å². The van der Waals surface area contributed by atoms with Gasteiger partial charge in [-0.2, -0.15) is 0 Å². The minimum Gasteiger partial charge on any atom is -0.466 e. The van der Waals surface area contributed by atoms with Gasteiger partial charge in [0.25, 0.3) is 0 Å². The summed E-state index contributed by atoms with van der Waals surface area (Å²) in [5.74, 6) is 1.71. The van der Waals surface area contributed by atoms with Crippen molar-refractivity contribution in [3.05, 3.63) is 24.0 Å². The van der Waals surface area contributed by atoms with Crippen molar-refractivity contribution in [2.24, 2.45) is 11.8 Å². The summed E-state index contributed by atoms with van der Waals surface area (Å²) in [6.45, 7) is 13.5. The van der Waals surface area contributed by atoms with Crippen LogP contribution in [0.25, 0.3) is 11.0 Å². The van der Waals surface area contributed by atoms with Crippen molar-refractivity contribution in [1.82, 2.24) is 13.9 Å². The number of piperidine rings is 1. The fourth-order valence-electron chi connectivity index (χ4n) is 4.74. The molecule has 0 amide bonds. The Kier molecular flexibility index (Phi) is 7.47. The van der Waals surface area contributed by atoms with E-state index in [4.69, 9.17) is 14.5 Å². The molecule has 0 N–H and O–H groups in total. The van der Waals surface area contributed by atoms with Crippen LogP contribution in [0.1, 0.15) is 59.2 Å². The van der Waals surface area contributed by atoms with Gasteiger partial charge in [-0.3, -0.25) is 4.79 Å². The maximum Gasteiger partial charge on any atom is 0.310 e. The van der Waals surface area contributed by atoms with Gasteiger partial charge in [0.05, 0.1) is 23.6 Å². The first-order chi connectivity index (χ1) is 15.3. The van der Waals surface area contributed by atoms with Crippen LogP contribution in [0, 0.1) is 11.8 Å². The normalized spacial score (nSPS) is 21.2. The Labute approximate surface area is 196 Å². The molecule has 0 radical (unpaired) electrons. The molecular formula is C25H37N3O3S. The highest BCUT2D eigenvalue weighted by molar-refractivity contribution is 7.97. The lowest BCUT2D eigenvalue weighted by Gasteiger charge is -2.30. The fourth-order valence-corrected chi connectivity index (χ4v) is 5.80. The van der Waals surface area contributed by atoms with Gasteiger partial charge in [-0.05, 0) is 68.7 Å². The topological polar surface area (TPSA) is 56.6 Å². The molecule has 2 saturated heterocycles. The molecule has 1 aromatic heterocycles. The van der Waals surface area contributed by atoms with Crippen LogP contribution in [0.5, 0.6) is 0 Å². The van der Waals surface area contributed by atoms with E-state index in [1.54, 1.807) is 11.9 Å². The van der Waals surface area contributed by atoms with Crippen molar-refractivity contribution in [3.63, 3.8) is 0 Å². The molecule has 6 nitrogen and oxygen atoms in total. The Hall–Kier alpha value is -1.57. The molecule has 1 aromatic carbocycles. The molecule has 7 heteroatoms. The van der Waals surface area contributed by atoms with Crippen LogP contribution < -0.4 is 0 Å². The maximum absolute atomic E-state index is 12.2. The molecule has 4 rings (SSSR count). The first kappa shape index (κ1) is 23.6. The Morgan fingerprint density at radius 3 is 2.75 bits per heavy atom. The first-order valence-electron chi connectivity index (χ1n) is 12.0. The third kappa shape index (κ3) is 5.49. The lowest BCUT2D eigenvalue weighted by molar-refractivity contribution is -0.149. The van der Waals surface area contributed by atoms with E-state index in [0.29, 0.717) is 12.5 Å². The Bertz CT molecular complexity index is 930. The first-order valence-corrected chi connectivity index (χ1v) is 12.8. The molecule has 0 saturated carbocycles. The van der Waals surface area contributed by atoms with Crippen LogP contribution in [-0.2, 0) is 26.2 Å². The molecule has 0 aliphatic carbocycles. The monoisotopic (exact) mass is 459 g/mol. The molecule has 0 spiro atoms. The quantitative estimate of drug-likeness (QED) is 0.445. The molecule has 1 atom stereocenters. The summed E-state index contributed by atoms with van der Waals surface area (Å²) in [7, 11) is 0. The van der Waals surface area contributed by atoms with Crippen molar-refractivity contribution >= 4 is 29.0 Å². The SMILES string of the molecule is CCOC(=O)C1CCCN(Sc2ccc3c(c2)nc(C(C)(C)C)n3CC2CCOCC2)C1. The summed E-state index contributed by atoms with van der Waals surface area (Å²) in [5.41, 5.74) is 2.26. The zero-order chi connectivity index (χ0) is 22.7. The highest BCUT2D eigenvalue weighted by Crippen LogP contribution is 2.34. The number of esters is 1. The minimum absolute atomic E-state index is 0.0166. The van der Waals surface area contributed by atoms with E-state index >= 15 is 0 Å². The number of imidazole rings is 1. The van der Waals surface area contributed by atoms with Crippen molar-refractivity contribution in [2.45, 2.75) is 70.2 Å². The summed E-state index contributed by atoms with van der Waals surface area (Å²) in [6.07, 6.45) is 4.18. The van der Waals surface area contributed by atoms with E-state index in [1.165, 1.54) is 10.4 Å². The van der Waals surface area contributed by atoms with Gasteiger partial charge >= 0.3 is 5.97 Å². The molecule has 0 bridgehead atoms. The third-order valence-corrected chi connectivity index (χ3v) is 7.47. The average molecular weight is 460 g/mol. The van der Waals surface area contributed by atoms with Gasteiger partial charge < -0.3 is 14.0 Å². The van der Waals surface area contributed by atoms with Gasteiger partial charge in [0.2, 0.25) is 0 Å². The number of hydrogen-bond acceptors (Lipinski definition) is 6. The number of carbonyl (C=O) groups is 1. The van der Waals surface area contributed by atoms with Crippen LogP contribution >= 0.6 is 11.9 Å². The third-order valence-electron chi connectivity index (χ3n) is 6.41. The predicted octanol–water partition coefficient (Wildman–Crippen LogP) is 5.04. The van der Waals surface area contributed by atoms with Crippen molar-refractivity contribution in [3.8, 4) is 0 Å². The molecule has 1 unspecified atom stereocenters. The number of ether oxygens (including phenoxy) is 2. The van der Waals surface area contributed by atoms with Crippen LogP contribution in [0.3, 0.4) is 0 Å². The molecule has 2 aliphatic heterocycles. The largest absolute Gasteiger partial charge is 0.466 e. The second-order valence-electron chi connectivity index (χ2n) is 10.1. The summed E-state index contributed by atoms with van der Waals surface area (Å²) < 4.78 is 15.6. The smallest absolute Gasteiger partial charge is 0.310 e. The highest BCUT2D eigenvalue weighted by atomic mass is 32.2. The lowest BCUT2D eigenvalue weighted by Crippen LogP contribution is -2.35. The molecule has 176 valence electrons. The summed E-state index contributed by atoms with van der Waals surface area (Å²) in [6, 6.07) is 6.64. The molecule has 2 fully saturated rings. The number of hydrogen-bond donors (Lipinski definition) is 0. The number of carbonyl (C=O) groups excluding carboxylic acids is 1. The van der Waals surface area contributed by atoms with E-state index in [-0.39, 0.29) is 17.3 Å². The predicted molar refractivity (Wildman–Crippen MR) is 129 cm³/mol. The number of fused-ring (bicyclic) bond motifs is 1. The van der Waals surface area contributed by atoms with Crippen LogP contribution in [0.4, 0.5) is 0 Å². The highest BCUT2D eigenvalue weighted by Gasteiger charge is 2.28. The fraction of sp³-hybridized carbons (Fsp3) is 0.680. The number of benzene rings is 1. The summed E-state index contributed by atoms with van der Waals surface area (Å²) in [4.78, 5) is 18.5. The minimum atomic E-state index is -0.0603. The lowest BCUT2D eigenvalue weighted by atomic mass is 9.94. The van der Waals surface area contributed by atoms with Gasteiger partial charge in [0.15, 0.2) is 0 Å². The molecule has 32 heavy (non-hydrogen) atoms. The van der Waals surface area contributed by atoms with Crippen LogP contribution in [-0.4, -0.2) is 52.7 Å². The molecule has 2 aromatic rings. The maximum atomic E-state index is 12.2. The van der Waals surface area contributed by atoms with Crippen LogP contribution in [0.2, 0.25) is 0 Å². The number of aromatic nitrogens is 2. The van der Waals surface area contributed by atoms with Crippen LogP contribution in [0.15, 0.2) is 23.1 Å². The zero-order valence-electron chi connectivity index (χ0n) is 19.9. The number of nitrogens with zero attached hydrogens (tertiary/aromatic N) is 3. The Morgan fingerprint density at radius 2 is 2.03 bits per heavy atom. The average Bonchev–Trinajstić information content (AvgIpc) is 3.13. The molecule has 2 aliphatic rings. The van der Waals surface area contributed by atoms with Crippen molar-refractivity contribution in [2.75, 3.05) is 32.9 Å². The Balaban J connectivity index is 1.54. The molecular weight excluding hydrogens is 422 g/mol. The van der Waals surface area contributed by atoms with Crippen molar-refractivity contribution in [1.29, 1.82) is 0 Å². The number of rotatable bonds is 6. The zero-order valence-corrected chi connectivity index (χ0v) is 20.7. The van der Waals surface area contributed by atoms with Gasteiger partial charge in [-0.15, -0.1) is 0 Å². The Morgan fingerprint density at radius 1 is 1.25 bits per heavy atom. The second-order valence-corrected chi connectivity index (χ2v) is 11.2. The van der Waals surface area contributed by atoms with E-state index in [9.17, 15) is 4.79 Å². The summed E-state index contributed by atoms with van der Waals surface area (Å²) in [5, 5.41) is 0. The van der Waals surface area contributed by atoms with Gasteiger partial charge in [-0.25, -0.2) is 9.29 Å². The van der Waals surface area contributed by atoms with Crippen molar-refractivity contribution < 1.29 is 14.3 Å².